The number of rotatable bonds is 3. The first-order valence-corrected chi connectivity index (χ1v) is 6.07. The molecule has 0 saturated carbocycles. The van der Waals surface area contributed by atoms with Crippen molar-refractivity contribution in [3.63, 3.8) is 0 Å². The van der Waals surface area contributed by atoms with Crippen LogP contribution in [0.25, 0.3) is 22.3 Å². The zero-order valence-corrected chi connectivity index (χ0v) is 10.6. The topological polar surface area (TPSA) is 93.6 Å². The molecule has 6 nitrogen and oxygen atoms in total. The number of non-ortho nitro benzene ring substituents is 1. The Morgan fingerprint density at radius 3 is 2.48 bits per heavy atom. The highest BCUT2D eigenvalue weighted by Crippen LogP contribution is 2.32. The molecule has 1 aromatic heterocycles. The van der Waals surface area contributed by atoms with Crippen molar-refractivity contribution in [2.24, 2.45) is 0 Å². The number of furan rings is 1. The molecule has 3 aromatic rings. The van der Waals surface area contributed by atoms with E-state index in [1.807, 2.05) is 30.3 Å². The van der Waals surface area contributed by atoms with Gasteiger partial charge in [-0.15, -0.1) is 0 Å². The molecule has 104 valence electrons. The van der Waals surface area contributed by atoms with Gasteiger partial charge in [-0.3, -0.25) is 10.1 Å². The SMILES string of the molecule is O=C(O)c1cc([N+](=O)[O-])cc2cc(-c3ccccc3)oc12. The normalized spacial score (nSPS) is 10.7. The second-order valence-corrected chi connectivity index (χ2v) is 4.45. The highest BCUT2D eigenvalue weighted by atomic mass is 16.6. The highest BCUT2D eigenvalue weighted by Gasteiger charge is 2.20. The maximum absolute atomic E-state index is 11.3. The lowest BCUT2D eigenvalue weighted by atomic mass is 10.1. The van der Waals surface area contributed by atoms with Crippen molar-refractivity contribution in [2.75, 3.05) is 0 Å². The molecule has 0 bridgehead atoms. The van der Waals surface area contributed by atoms with Crippen molar-refractivity contribution >= 4 is 22.6 Å². The smallest absolute Gasteiger partial charge is 0.339 e. The van der Waals surface area contributed by atoms with Gasteiger partial charge in [0.2, 0.25) is 0 Å². The number of fused-ring (bicyclic) bond motifs is 1. The molecule has 1 heterocycles. The van der Waals surface area contributed by atoms with Crippen LogP contribution in [0.15, 0.2) is 52.9 Å². The molecular weight excluding hydrogens is 274 g/mol. The van der Waals surface area contributed by atoms with E-state index in [0.29, 0.717) is 11.1 Å². The molecule has 3 rings (SSSR count). The third-order valence-electron chi connectivity index (χ3n) is 3.10. The average molecular weight is 283 g/mol. The van der Waals surface area contributed by atoms with Crippen LogP contribution in [-0.2, 0) is 0 Å². The third-order valence-corrected chi connectivity index (χ3v) is 3.10. The van der Waals surface area contributed by atoms with E-state index in [2.05, 4.69) is 0 Å². The predicted octanol–water partition coefficient (Wildman–Crippen LogP) is 3.71. The minimum atomic E-state index is -1.27. The number of carboxylic acids is 1. The van der Waals surface area contributed by atoms with Gasteiger partial charge in [0.05, 0.1) is 4.92 Å². The number of nitrogens with zero attached hydrogens (tertiary/aromatic N) is 1. The number of hydrogen-bond donors (Lipinski definition) is 1. The van der Waals surface area contributed by atoms with E-state index in [0.717, 1.165) is 11.6 Å². The fraction of sp³-hybridized carbons (Fsp3) is 0. The molecular formula is C15H9NO5. The predicted molar refractivity (Wildman–Crippen MR) is 75.3 cm³/mol. The number of aromatic carboxylic acids is 1. The van der Waals surface area contributed by atoms with Crippen molar-refractivity contribution in [1.29, 1.82) is 0 Å². The molecule has 0 fully saturated rings. The quantitative estimate of drug-likeness (QED) is 0.584. The van der Waals surface area contributed by atoms with Gasteiger partial charge < -0.3 is 9.52 Å². The lowest BCUT2D eigenvalue weighted by Gasteiger charge is -1.97. The van der Waals surface area contributed by atoms with E-state index < -0.39 is 10.9 Å². The van der Waals surface area contributed by atoms with Crippen LogP contribution >= 0.6 is 0 Å². The van der Waals surface area contributed by atoms with Crippen LogP contribution in [0, 0.1) is 10.1 Å². The Morgan fingerprint density at radius 1 is 1.14 bits per heavy atom. The monoisotopic (exact) mass is 283 g/mol. The van der Waals surface area contributed by atoms with Gasteiger partial charge in [0, 0.05) is 23.1 Å². The second kappa shape index (κ2) is 4.75. The van der Waals surface area contributed by atoms with Gasteiger partial charge in [-0.05, 0) is 6.07 Å². The minimum absolute atomic E-state index is 0.131. The van der Waals surface area contributed by atoms with Gasteiger partial charge in [-0.1, -0.05) is 30.3 Å². The largest absolute Gasteiger partial charge is 0.478 e. The van der Waals surface area contributed by atoms with Crippen LogP contribution in [0.1, 0.15) is 10.4 Å². The Bertz CT molecular complexity index is 851. The maximum atomic E-state index is 11.3. The molecule has 2 aromatic carbocycles. The summed E-state index contributed by atoms with van der Waals surface area (Å²) in [5.41, 5.74) is 0.404. The summed E-state index contributed by atoms with van der Waals surface area (Å²) in [6, 6.07) is 13.0. The molecule has 0 amide bonds. The number of nitro groups is 1. The van der Waals surface area contributed by atoms with Crippen LogP contribution in [0.2, 0.25) is 0 Å². The Labute approximate surface area is 118 Å². The van der Waals surface area contributed by atoms with Crippen LogP contribution in [0.5, 0.6) is 0 Å². The van der Waals surface area contributed by atoms with E-state index in [1.54, 1.807) is 6.07 Å². The number of carbonyl (C=O) groups is 1. The van der Waals surface area contributed by atoms with Crippen LogP contribution < -0.4 is 0 Å². The molecule has 0 spiro atoms. The number of nitro benzene ring substituents is 1. The van der Waals surface area contributed by atoms with Crippen LogP contribution in [-0.4, -0.2) is 16.0 Å². The standard InChI is InChI=1S/C15H9NO5/c17-15(18)12-8-11(16(19)20)6-10-7-13(21-14(10)12)9-4-2-1-3-5-9/h1-8H,(H,17,18). The van der Waals surface area contributed by atoms with Gasteiger partial charge in [0.15, 0.2) is 0 Å². The summed E-state index contributed by atoms with van der Waals surface area (Å²) < 4.78 is 5.58. The van der Waals surface area contributed by atoms with Gasteiger partial charge >= 0.3 is 5.97 Å². The van der Waals surface area contributed by atoms with Gasteiger partial charge in [-0.2, -0.15) is 0 Å². The highest BCUT2D eigenvalue weighted by molar-refractivity contribution is 6.03. The van der Waals surface area contributed by atoms with E-state index in [9.17, 15) is 20.0 Å². The molecule has 6 heteroatoms. The van der Waals surface area contributed by atoms with E-state index >= 15 is 0 Å². The summed E-state index contributed by atoms with van der Waals surface area (Å²) in [6.07, 6.45) is 0. The summed E-state index contributed by atoms with van der Waals surface area (Å²) in [5.74, 6) is -0.800. The lowest BCUT2D eigenvalue weighted by molar-refractivity contribution is -0.384. The number of benzene rings is 2. The molecule has 1 N–H and O–H groups in total. The fourth-order valence-corrected chi connectivity index (χ4v) is 2.15. The summed E-state index contributed by atoms with van der Waals surface area (Å²) in [4.78, 5) is 21.5. The molecule has 0 aliphatic rings. The van der Waals surface area contributed by atoms with Crippen molar-refractivity contribution in [3.05, 3.63) is 64.2 Å². The van der Waals surface area contributed by atoms with Crippen LogP contribution in [0.4, 0.5) is 5.69 Å². The summed E-state index contributed by atoms with van der Waals surface area (Å²) >= 11 is 0. The van der Waals surface area contributed by atoms with E-state index in [-0.39, 0.29) is 16.8 Å². The van der Waals surface area contributed by atoms with Crippen molar-refractivity contribution < 1.29 is 19.2 Å². The Kier molecular flexibility index (Phi) is 2.91. The fourth-order valence-electron chi connectivity index (χ4n) is 2.15. The Hall–Kier alpha value is -3.15. The zero-order valence-electron chi connectivity index (χ0n) is 10.6. The molecule has 0 aliphatic carbocycles. The molecule has 0 aliphatic heterocycles. The minimum Gasteiger partial charge on any atom is -0.478 e. The van der Waals surface area contributed by atoms with Crippen molar-refractivity contribution in [2.45, 2.75) is 0 Å². The number of hydrogen-bond acceptors (Lipinski definition) is 4. The van der Waals surface area contributed by atoms with Crippen molar-refractivity contribution in [3.8, 4) is 11.3 Å². The molecule has 21 heavy (non-hydrogen) atoms. The molecule has 0 radical (unpaired) electrons. The van der Waals surface area contributed by atoms with Gasteiger partial charge in [-0.25, -0.2) is 4.79 Å². The molecule has 0 unspecified atom stereocenters. The first-order chi connectivity index (χ1) is 10.1. The Balaban J connectivity index is 2.27. The third kappa shape index (κ3) is 2.23. The summed E-state index contributed by atoms with van der Waals surface area (Å²) in [5, 5.41) is 20.5. The maximum Gasteiger partial charge on any atom is 0.339 e. The van der Waals surface area contributed by atoms with E-state index in [4.69, 9.17) is 4.42 Å². The summed E-state index contributed by atoms with van der Waals surface area (Å²) in [7, 11) is 0. The Morgan fingerprint density at radius 2 is 1.86 bits per heavy atom. The lowest BCUT2D eigenvalue weighted by Crippen LogP contribution is -1.98. The zero-order chi connectivity index (χ0) is 15.0. The summed E-state index contributed by atoms with van der Waals surface area (Å²) in [6.45, 7) is 0. The average Bonchev–Trinajstić information content (AvgIpc) is 2.90. The first kappa shape index (κ1) is 12.9. The van der Waals surface area contributed by atoms with Gasteiger partial charge in [0.25, 0.3) is 5.69 Å². The number of carboxylic acid groups (broad SMARTS) is 1. The van der Waals surface area contributed by atoms with E-state index in [1.165, 1.54) is 6.07 Å². The second-order valence-electron chi connectivity index (χ2n) is 4.45. The van der Waals surface area contributed by atoms with Gasteiger partial charge in [0.1, 0.15) is 16.9 Å². The molecule has 0 atom stereocenters. The molecule has 0 saturated heterocycles. The van der Waals surface area contributed by atoms with Crippen LogP contribution in [0.3, 0.4) is 0 Å². The first-order valence-electron chi connectivity index (χ1n) is 6.07. The van der Waals surface area contributed by atoms with Crippen molar-refractivity contribution in [1.82, 2.24) is 0 Å².